The van der Waals surface area contributed by atoms with Crippen LogP contribution in [0.15, 0.2) is 109 Å². The van der Waals surface area contributed by atoms with Crippen molar-refractivity contribution in [2.75, 3.05) is 0 Å². The zero-order valence-electron chi connectivity index (χ0n) is 16.8. The lowest BCUT2D eigenvalue weighted by Gasteiger charge is -2.09. The molecule has 1 aliphatic carbocycles. The van der Waals surface area contributed by atoms with E-state index in [1.165, 1.54) is 22.3 Å². The molecular weight excluding hydrogens is 350 g/mol. The Morgan fingerprint density at radius 3 is 2.00 bits per heavy atom. The van der Waals surface area contributed by atoms with E-state index >= 15 is 0 Å². The molecular formula is C28H25N. The molecule has 1 aliphatic rings. The Bertz CT molecular complexity index is 1080. The van der Waals surface area contributed by atoms with Gasteiger partial charge in [-0.05, 0) is 53.2 Å². The molecule has 0 amide bonds. The first-order chi connectivity index (χ1) is 14.2. The quantitative estimate of drug-likeness (QED) is 0.408. The molecule has 0 spiro atoms. The summed E-state index contributed by atoms with van der Waals surface area (Å²) >= 11 is 0. The van der Waals surface area contributed by atoms with Crippen molar-refractivity contribution in [3.63, 3.8) is 0 Å². The topological polar surface area (TPSA) is 12.4 Å². The predicted molar refractivity (Wildman–Crippen MR) is 126 cm³/mol. The number of allylic oxidation sites excluding steroid dienone is 4. The molecule has 0 saturated carbocycles. The predicted octanol–water partition coefficient (Wildman–Crippen LogP) is 7.57. The van der Waals surface area contributed by atoms with Crippen molar-refractivity contribution in [3.8, 4) is 11.1 Å². The summed E-state index contributed by atoms with van der Waals surface area (Å²) in [6, 6.07) is 27.5. The van der Waals surface area contributed by atoms with Crippen LogP contribution in [0, 0.1) is 0 Å². The molecule has 3 aromatic rings. The van der Waals surface area contributed by atoms with E-state index in [1.807, 2.05) is 13.0 Å². The summed E-state index contributed by atoms with van der Waals surface area (Å²) in [4.78, 5) is 4.76. The van der Waals surface area contributed by atoms with Gasteiger partial charge in [-0.15, -0.1) is 0 Å². The minimum Gasteiger partial charge on any atom is -0.253 e. The van der Waals surface area contributed by atoms with E-state index in [9.17, 15) is 0 Å². The number of rotatable bonds is 5. The van der Waals surface area contributed by atoms with Crippen LogP contribution in [0.3, 0.4) is 0 Å². The molecule has 0 fully saturated rings. The van der Waals surface area contributed by atoms with Crippen LogP contribution >= 0.6 is 0 Å². The molecule has 1 heteroatoms. The summed E-state index contributed by atoms with van der Waals surface area (Å²) in [6.45, 7) is 6.22. The molecule has 0 aliphatic heterocycles. The summed E-state index contributed by atoms with van der Waals surface area (Å²) in [5.41, 5.74) is 8.89. The van der Waals surface area contributed by atoms with Crippen molar-refractivity contribution in [2.24, 2.45) is 4.99 Å². The van der Waals surface area contributed by atoms with Crippen LogP contribution in [-0.4, -0.2) is 5.71 Å². The smallest absolute Gasteiger partial charge is 0.0633 e. The molecule has 4 rings (SSSR count). The molecule has 0 bridgehead atoms. The Kier molecular flexibility index (Phi) is 5.67. The maximum Gasteiger partial charge on any atom is 0.0633 e. The number of aliphatic imine (C=N–C) groups is 1. The Balaban J connectivity index is 1.49. The van der Waals surface area contributed by atoms with E-state index in [-0.39, 0.29) is 0 Å². The lowest BCUT2D eigenvalue weighted by atomic mass is 9.98. The van der Waals surface area contributed by atoms with E-state index in [0.29, 0.717) is 0 Å². The number of hydrogen-bond donors (Lipinski definition) is 0. The summed E-state index contributed by atoms with van der Waals surface area (Å²) < 4.78 is 0. The van der Waals surface area contributed by atoms with Crippen molar-refractivity contribution < 1.29 is 0 Å². The first kappa shape index (κ1) is 18.9. The van der Waals surface area contributed by atoms with Gasteiger partial charge >= 0.3 is 0 Å². The SMILES string of the molecule is C=C(/N=C(\C)c1ccc(C2=CCCC=C2)cc1)c1ccc(-c2ccccc2)cc1. The summed E-state index contributed by atoms with van der Waals surface area (Å²) in [7, 11) is 0. The highest BCUT2D eigenvalue weighted by Crippen LogP contribution is 2.24. The van der Waals surface area contributed by atoms with Crippen LogP contribution in [0.5, 0.6) is 0 Å². The van der Waals surface area contributed by atoms with Crippen LogP contribution in [0.1, 0.15) is 36.5 Å². The lowest BCUT2D eigenvalue weighted by Crippen LogP contribution is -1.96. The standard InChI is InChI=1S/C28H25N/c1-21(23-13-17-27(18-14-23)25-9-5-3-6-10-25)29-22(2)24-15-19-28(20-16-24)26-11-7-4-8-12-26/h3,5-7,9-20H,1,4,8H2,2H3/b29-22+. The van der Waals surface area contributed by atoms with Gasteiger partial charge in [0.25, 0.3) is 0 Å². The second-order valence-electron chi connectivity index (χ2n) is 7.30. The molecule has 142 valence electrons. The zero-order valence-corrected chi connectivity index (χ0v) is 16.8. The largest absolute Gasteiger partial charge is 0.253 e. The molecule has 0 saturated heterocycles. The van der Waals surface area contributed by atoms with Gasteiger partial charge in [-0.2, -0.15) is 0 Å². The summed E-state index contributed by atoms with van der Waals surface area (Å²) in [5.74, 6) is 0. The minimum absolute atomic E-state index is 0.782. The van der Waals surface area contributed by atoms with E-state index < -0.39 is 0 Å². The highest BCUT2D eigenvalue weighted by Gasteiger charge is 2.05. The second kappa shape index (κ2) is 8.70. The maximum atomic E-state index is 4.76. The van der Waals surface area contributed by atoms with Gasteiger partial charge in [-0.1, -0.05) is 104 Å². The average molecular weight is 376 g/mol. The first-order valence-corrected chi connectivity index (χ1v) is 10.1. The van der Waals surface area contributed by atoms with E-state index in [0.717, 1.165) is 35.4 Å². The normalized spacial score (nSPS) is 13.8. The van der Waals surface area contributed by atoms with Crippen molar-refractivity contribution >= 4 is 17.0 Å². The van der Waals surface area contributed by atoms with Crippen LogP contribution < -0.4 is 0 Å². The van der Waals surface area contributed by atoms with Crippen molar-refractivity contribution in [2.45, 2.75) is 19.8 Å². The zero-order chi connectivity index (χ0) is 20.1. The number of benzene rings is 3. The monoisotopic (exact) mass is 375 g/mol. The molecule has 1 nitrogen and oxygen atoms in total. The molecule has 3 aromatic carbocycles. The van der Waals surface area contributed by atoms with Crippen LogP contribution in [0.2, 0.25) is 0 Å². The van der Waals surface area contributed by atoms with Crippen molar-refractivity contribution in [1.82, 2.24) is 0 Å². The molecule has 0 heterocycles. The van der Waals surface area contributed by atoms with Gasteiger partial charge in [0.05, 0.1) is 5.70 Å². The van der Waals surface area contributed by atoms with Gasteiger partial charge in [0.2, 0.25) is 0 Å². The van der Waals surface area contributed by atoms with Gasteiger partial charge < -0.3 is 0 Å². The molecule has 0 unspecified atom stereocenters. The maximum absolute atomic E-state index is 4.76. The van der Waals surface area contributed by atoms with Crippen molar-refractivity contribution in [3.05, 3.63) is 120 Å². The highest BCUT2D eigenvalue weighted by molar-refractivity contribution is 6.01. The van der Waals surface area contributed by atoms with Crippen LogP contribution in [0.4, 0.5) is 0 Å². The number of hydrogen-bond acceptors (Lipinski definition) is 1. The fourth-order valence-electron chi connectivity index (χ4n) is 3.55. The Hall–Kier alpha value is -3.45. The van der Waals surface area contributed by atoms with E-state index in [4.69, 9.17) is 4.99 Å². The van der Waals surface area contributed by atoms with Gasteiger partial charge in [0.1, 0.15) is 0 Å². The lowest BCUT2D eigenvalue weighted by molar-refractivity contribution is 1.04. The van der Waals surface area contributed by atoms with Crippen LogP contribution in [0.25, 0.3) is 22.4 Å². The van der Waals surface area contributed by atoms with Crippen LogP contribution in [-0.2, 0) is 0 Å². The first-order valence-electron chi connectivity index (χ1n) is 10.1. The van der Waals surface area contributed by atoms with Gasteiger partial charge in [0, 0.05) is 5.71 Å². The fraction of sp³-hybridized carbons (Fsp3) is 0.107. The fourth-order valence-corrected chi connectivity index (χ4v) is 3.55. The number of nitrogens with zero attached hydrogens (tertiary/aromatic N) is 1. The van der Waals surface area contributed by atoms with Crippen molar-refractivity contribution in [1.29, 1.82) is 0 Å². The average Bonchev–Trinajstić information content (AvgIpc) is 2.80. The van der Waals surface area contributed by atoms with Gasteiger partial charge in [0.15, 0.2) is 0 Å². The Labute approximate surface area is 173 Å². The molecule has 0 atom stereocenters. The summed E-state index contributed by atoms with van der Waals surface area (Å²) in [6.07, 6.45) is 9.01. The third-order valence-corrected chi connectivity index (χ3v) is 5.26. The molecule has 0 aromatic heterocycles. The van der Waals surface area contributed by atoms with E-state index in [1.54, 1.807) is 0 Å². The second-order valence-corrected chi connectivity index (χ2v) is 7.30. The minimum atomic E-state index is 0.782. The Morgan fingerprint density at radius 2 is 1.34 bits per heavy atom. The molecule has 29 heavy (non-hydrogen) atoms. The molecule has 0 radical (unpaired) electrons. The third kappa shape index (κ3) is 4.52. The third-order valence-electron chi connectivity index (χ3n) is 5.26. The molecule has 0 N–H and O–H groups in total. The van der Waals surface area contributed by atoms with Gasteiger partial charge in [-0.25, -0.2) is 0 Å². The van der Waals surface area contributed by atoms with E-state index in [2.05, 4.69) is 97.6 Å². The van der Waals surface area contributed by atoms with Gasteiger partial charge in [-0.3, -0.25) is 4.99 Å². The Morgan fingerprint density at radius 1 is 0.724 bits per heavy atom. The highest BCUT2D eigenvalue weighted by atomic mass is 14.7. The summed E-state index contributed by atoms with van der Waals surface area (Å²) in [5, 5.41) is 0.